The Kier molecular flexibility index (Phi) is 3.08. The monoisotopic (exact) mass is 229 g/mol. The molecule has 0 atom stereocenters. The highest BCUT2D eigenvalue weighted by molar-refractivity contribution is 5.55. The van der Waals surface area contributed by atoms with Crippen molar-refractivity contribution in [1.29, 1.82) is 5.26 Å². The van der Waals surface area contributed by atoms with Gasteiger partial charge in [-0.3, -0.25) is 0 Å². The van der Waals surface area contributed by atoms with Crippen LogP contribution in [-0.4, -0.2) is 18.6 Å². The molecule has 2 rings (SSSR count). The number of nitriles is 1. The van der Waals surface area contributed by atoms with Gasteiger partial charge in [0.2, 0.25) is 0 Å². The minimum absolute atomic E-state index is 0.616. The first-order chi connectivity index (χ1) is 8.04. The van der Waals surface area contributed by atoms with Crippen molar-refractivity contribution < 1.29 is 0 Å². The molecule has 0 saturated carbocycles. The van der Waals surface area contributed by atoms with Gasteiger partial charge in [-0.1, -0.05) is 17.7 Å². The molecule has 0 bridgehead atoms. The third-order valence-corrected chi connectivity index (χ3v) is 3.57. The van der Waals surface area contributed by atoms with Crippen LogP contribution in [0.2, 0.25) is 0 Å². The van der Waals surface area contributed by atoms with E-state index in [1.54, 1.807) is 0 Å². The quantitative estimate of drug-likeness (QED) is 0.802. The van der Waals surface area contributed by atoms with Crippen molar-refractivity contribution >= 4 is 5.69 Å². The van der Waals surface area contributed by atoms with Crippen LogP contribution < -0.4 is 10.6 Å². The number of hydrogen-bond acceptors (Lipinski definition) is 3. The number of rotatable bonds is 1. The highest BCUT2D eigenvalue weighted by Gasteiger charge is 2.30. The first-order valence-electron chi connectivity index (χ1n) is 6.06. The normalized spacial score (nSPS) is 18.8. The molecule has 90 valence electrons. The molecule has 2 N–H and O–H groups in total. The van der Waals surface area contributed by atoms with E-state index < -0.39 is 5.54 Å². The molecule has 1 aromatic rings. The molecule has 0 amide bonds. The summed E-state index contributed by atoms with van der Waals surface area (Å²) in [6.45, 7) is 5.98. The van der Waals surface area contributed by atoms with E-state index in [9.17, 15) is 0 Å². The van der Waals surface area contributed by atoms with E-state index in [1.807, 2.05) is 0 Å². The van der Waals surface area contributed by atoms with E-state index >= 15 is 0 Å². The van der Waals surface area contributed by atoms with E-state index in [-0.39, 0.29) is 0 Å². The smallest absolute Gasteiger partial charge is 0.107 e. The number of aryl methyl sites for hydroxylation is 2. The summed E-state index contributed by atoms with van der Waals surface area (Å²) < 4.78 is 0. The second-order valence-electron chi connectivity index (χ2n) is 5.04. The Morgan fingerprint density at radius 1 is 1.29 bits per heavy atom. The molecule has 0 radical (unpaired) electrons. The van der Waals surface area contributed by atoms with E-state index in [2.05, 4.69) is 43.0 Å². The molecule has 3 nitrogen and oxygen atoms in total. The summed E-state index contributed by atoms with van der Waals surface area (Å²) in [7, 11) is 0. The van der Waals surface area contributed by atoms with Crippen molar-refractivity contribution in [3.05, 3.63) is 29.3 Å². The first kappa shape index (κ1) is 11.9. The molecular weight excluding hydrogens is 210 g/mol. The summed E-state index contributed by atoms with van der Waals surface area (Å²) in [5, 5.41) is 9.00. The molecule has 0 aromatic heterocycles. The largest absolute Gasteiger partial charge is 0.371 e. The second kappa shape index (κ2) is 4.38. The Morgan fingerprint density at radius 2 is 1.94 bits per heavy atom. The molecule has 3 heteroatoms. The lowest BCUT2D eigenvalue weighted by atomic mass is 9.90. The minimum atomic E-state index is -0.616. The molecular formula is C14H19N3. The molecule has 0 aliphatic carbocycles. The Bertz CT molecular complexity index is 451. The van der Waals surface area contributed by atoms with Crippen LogP contribution in [0.5, 0.6) is 0 Å². The average molecular weight is 229 g/mol. The van der Waals surface area contributed by atoms with Gasteiger partial charge in [-0.2, -0.15) is 5.26 Å². The molecule has 1 fully saturated rings. The maximum absolute atomic E-state index is 9.00. The van der Waals surface area contributed by atoms with E-state index in [4.69, 9.17) is 11.0 Å². The van der Waals surface area contributed by atoms with Crippen LogP contribution >= 0.6 is 0 Å². The highest BCUT2D eigenvalue weighted by Crippen LogP contribution is 2.27. The van der Waals surface area contributed by atoms with Crippen LogP contribution in [0.3, 0.4) is 0 Å². The fraction of sp³-hybridized carbons (Fsp3) is 0.500. The van der Waals surface area contributed by atoms with Crippen molar-refractivity contribution in [2.45, 2.75) is 32.2 Å². The van der Waals surface area contributed by atoms with Gasteiger partial charge in [0.15, 0.2) is 0 Å². The van der Waals surface area contributed by atoms with Gasteiger partial charge < -0.3 is 10.6 Å². The van der Waals surface area contributed by atoms with Gasteiger partial charge in [-0.15, -0.1) is 0 Å². The summed E-state index contributed by atoms with van der Waals surface area (Å²) in [6, 6.07) is 8.73. The fourth-order valence-corrected chi connectivity index (χ4v) is 2.42. The molecule has 1 aliphatic heterocycles. The highest BCUT2D eigenvalue weighted by atomic mass is 15.1. The second-order valence-corrected chi connectivity index (χ2v) is 5.04. The number of benzene rings is 1. The maximum Gasteiger partial charge on any atom is 0.107 e. The Balaban J connectivity index is 2.14. The zero-order valence-electron chi connectivity index (χ0n) is 10.5. The van der Waals surface area contributed by atoms with Crippen molar-refractivity contribution in [2.75, 3.05) is 18.0 Å². The van der Waals surface area contributed by atoms with Crippen molar-refractivity contribution in [1.82, 2.24) is 0 Å². The van der Waals surface area contributed by atoms with E-state index in [1.165, 1.54) is 16.8 Å². The summed E-state index contributed by atoms with van der Waals surface area (Å²) in [6.07, 6.45) is 1.49. The van der Waals surface area contributed by atoms with Gasteiger partial charge >= 0.3 is 0 Å². The summed E-state index contributed by atoms with van der Waals surface area (Å²) >= 11 is 0. The third kappa shape index (κ3) is 2.42. The van der Waals surface area contributed by atoms with Gasteiger partial charge in [-0.25, -0.2) is 0 Å². The van der Waals surface area contributed by atoms with Crippen LogP contribution in [0.4, 0.5) is 5.69 Å². The standard InChI is InChI=1S/C14H19N3/c1-11-3-4-13(12(2)9-11)17-7-5-14(16,10-15)6-8-17/h3-4,9H,5-8,16H2,1-2H3. The lowest BCUT2D eigenvalue weighted by Crippen LogP contribution is -2.49. The van der Waals surface area contributed by atoms with Crippen LogP contribution in [-0.2, 0) is 0 Å². The number of piperidine rings is 1. The third-order valence-electron chi connectivity index (χ3n) is 3.57. The topological polar surface area (TPSA) is 53.0 Å². The number of nitrogens with zero attached hydrogens (tertiary/aromatic N) is 2. The van der Waals surface area contributed by atoms with E-state index in [0.29, 0.717) is 0 Å². The molecule has 1 aliphatic rings. The van der Waals surface area contributed by atoms with Crippen LogP contribution in [0.25, 0.3) is 0 Å². The fourth-order valence-electron chi connectivity index (χ4n) is 2.42. The first-order valence-corrected chi connectivity index (χ1v) is 6.06. The van der Waals surface area contributed by atoms with Crippen LogP contribution in [0, 0.1) is 25.2 Å². The zero-order valence-corrected chi connectivity index (χ0v) is 10.5. The lowest BCUT2D eigenvalue weighted by Gasteiger charge is -2.36. The van der Waals surface area contributed by atoms with E-state index in [0.717, 1.165) is 25.9 Å². The minimum Gasteiger partial charge on any atom is -0.371 e. The maximum atomic E-state index is 9.00. The van der Waals surface area contributed by atoms with Crippen LogP contribution in [0.15, 0.2) is 18.2 Å². The molecule has 17 heavy (non-hydrogen) atoms. The van der Waals surface area contributed by atoms with Gasteiger partial charge in [0.25, 0.3) is 0 Å². The molecule has 1 saturated heterocycles. The van der Waals surface area contributed by atoms with Gasteiger partial charge in [-0.05, 0) is 38.3 Å². The molecule has 1 aromatic carbocycles. The predicted octanol–water partition coefficient (Wildman–Crippen LogP) is 2.12. The van der Waals surface area contributed by atoms with Crippen molar-refractivity contribution in [2.24, 2.45) is 5.73 Å². The zero-order chi connectivity index (χ0) is 12.5. The predicted molar refractivity (Wildman–Crippen MR) is 69.9 cm³/mol. The SMILES string of the molecule is Cc1ccc(N2CCC(N)(C#N)CC2)c(C)c1. The summed E-state index contributed by atoms with van der Waals surface area (Å²) in [5.74, 6) is 0. The van der Waals surface area contributed by atoms with Crippen LogP contribution in [0.1, 0.15) is 24.0 Å². The molecule has 0 spiro atoms. The van der Waals surface area contributed by atoms with Gasteiger partial charge in [0.1, 0.15) is 5.54 Å². The summed E-state index contributed by atoms with van der Waals surface area (Å²) in [4.78, 5) is 2.33. The van der Waals surface area contributed by atoms with Gasteiger partial charge in [0.05, 0.1) is 6.07 Å². The van der Waals surface area contributed by atoms with Crippen molar-refractivity contribution in [3.8, 4) is 6.07 Å². The Morgan fingerprint density at radius 3 is 2.47 bits per heavy atom. The summed E-state index contributed by atoms with van der Waals surface area (Å²) in [5.41, 5.74) is 9.21. The molecule has 0 unspecified atom stereocenters. The average Bonchev–Trinajstić information content (AvgIpc) is 2.31. The Hall–Kier alpha value is -1.53. The number of anilines is 1. The Labute approximate surface area is 103 Å². The lowest BCUT2D eigenvalue weighted by molar-refractivity contribution is 0.415. The van der Waals surface area contributed by atoms with Crippen molar-refractivity contribution in [3.63, 3.8) is 0 Å². The number of nitrogens with two attached hydrogens (primary N) is 1. The molecule has 1 heterocycles. The van der Waals surface area contributed by atoms with Gasteiger partial charge in [0, 0.05) is 18.8 Å². The number of hydrogen-bond donors (Lipinski definition) is 1.